The van der Waals surface area contributed by atoms with Gasteiger partial charge in [-0.3, -0.25) is 4.79 Å². The van der Waals surface area contributed by atoms with Crippen LogP contribution in [-0.2, 0) is 11.2 Å². The van der Waals surface area contributed by atoms with Crippen LogP contribution in [0.4, 0.5) is 10.5 Å². The predicted molar refractivity (Wildman–Crippen MR) is 79.2 cm³/mol. The van der Waals surface area contributed by atoms with Gasteiger partial charge in [-0.2, -0.15) is 0 Å². The summed E-state index contributed by atoms with van der Waals surface area (Å²) in [6, 6.07) is 6.75. The molecule has 1 aromatic carbocycles. The number of benzene rings is 1. The third kappa shape index (κ3) is 3.35. The van der Waals surface area contributed by atoms with Gasteiger partial charge >= 0.3 is 12.0 Å². The lowest BCUT2D eigenvalue weighted by molar-refractivity contribution is -0.136. The number of carbonyl (C=O) groups is 2. The standard InChI is InChI=1S/C16H20N2O3/c19-14(20)9-11-3-1-2-4-13(11)18-15(21)17-10-16(7-8-16)12-5-6-12/h1-4,12H,5-10H2,(H,19,20)(H2,17,18,21). The van der Waals surface area contributed by atoms with Crippen LogP contribution in [0.5, 0.6) is 0 Å². The SMILES string of the molecule is O=C(O)Cc1ccccc1NC(=O)NCC1(C2CC2)CC1. The molecule has 5 heteroatoms. The first-order valence-corrected chi connectivity index (χ1v) is 7.44. The van der Waals surface area contributed by atoms with Crippen LogP contribution in [0.1, 0.15) is 31.2 Å². The van der Waals surface area contributed by atoms with Crippen molar-refractivity contribution in [2.75, 3.05) is 11.9 Å². The van der Waals surface area contributed by atoms with Crippen molar-refractivity contribution >= 4 is 17.7 Å². The van der Waals surface area contributed by atoms with E-state index in [0.29, 0.717) is 16.7 Å². The summed E-state index contributed by atoms with van der Waals surface area (Å²) in [7, 11) is 0. The van der Waals surface area contributed by atoms with Gasteiger partial charge in [0.1, 0.15) is 0 Å². The molecule has 1 aromatic rings. The van der Waals surface area contributed by atoms with Crippen molar-refractivity contribution in [3.8, 4) is 0 Å². The Balaban J connectivity index is 1.56. The molecular formula is C16H20N2O3. The number of amides is 2. The monoisotopic (exact) mass is 288 g/mol. The van der Waals surface area contributed by atoms with Crippen molar-refractivity contribution in [2.24, 2.45) is 11.3 Å². The van der Waals surface area contributed by atoms with Crippen molar-refractivity contribution in [1.82, 2.24) is 5.32 Å². The fraction of sp³-hybridized carbons (Fsp3) is 0.500. The smallest absolute Gasteiger partial charge is 0.319 e. The predicted octanol–water partition coefficient (Wildman–Crippen LogP) is 2.63. The molecule has 0 radical (unpaired) electrons. The fourth-order valence-corrected chi connectivity index (χ4v) is 2.97. The van der Waals surface area contributed by atoms with E-state index in [1.165, 1.54) is 25.7 Å². The van der Waals surface area contributed by atoms with Gasteiger partial charge in [-0.25, -0.2) is 4.79 Å². The van der Waals surface area contributed by atoms with E-state index in [1.54, 1.807) is 24.3 Å². The number of rotatable bonds is 6. The van der Waals surface area contributed by atoms with Crippen LogP contribution < -0.4 is 10.6 Å². The summed E-state index contributed by atoms with van der Waals surface area (Å²) in [6.45, 7) is 0.727. The van der Waals surface area contributed by atoms with Crippen LogP contribution in [0.25, 0.3) is 0 Å². The van der Waals surface area contributed by atoms with E-state index in [4.69, 9.17) is 5.11 Å². The molecule has 2 fully saturated rings. The first kappa shape index (κ1) is 13.9. The lowest BCUT2D eigenvalue weighted by Crippen LogP contribution is -2.34. The van der Waals surface area contributed by atoms with E-state index in [9.17, 15) is 9.59 Å². The molecule has 0 spiro atoms. The second-order valence-corrected chi connectivity index (χ2v) is 6.17. The van der Waals surface area contributed by atoms with Gasteiger partial charge in [0.25, 0.3) is 0 Å². The van der Waals surface area contributed by atoms with Crippen molar-refractivity contribution in [2.45, 2.75) is 32.1 Å². The zero-order valence-electron chi connectivity index (χ0n) is 11.9. The van der Waals surface area contributed by atoms with Gasteiger partial charge in [-0.05, 0) is 48.6 Å². The van der Waals surface area contributed by atoms with Gasteiger partial charge in [-0.15, -0.1) is 0 Å². The number of urea groups is 1. The van der Waals surface area contributed by atoms with E-state index in [-0.39, 0.29) is 12.5 Å². The minimum absolute atomic E-state index is 0.0948. The van der Waals surface area contributed by atoms with Crippen LogP contribution >= 0.6 is 0 Å². The van der Waals surface area contributed by atoms with E-state index >= 15 is 0 Å². The van der Waals surface area contributed by atoms with Gasteiger partial charge in [-0.1, -0.05) is 18.2 Å². The second kappa shape index (κ2) is 5.39. The Kier molecular flexibility index (Phi) is 3.57. The van der Waals surface area contributed by atoms with Crippen LogP contribution in [0.15, 0.2) is 24.3 Å². The van der Waals surface area contributed by atoms with E-state index in [1.807, 2.05) is 0 Å². The normalized spacial score (nSPS) is 18.9. The molecule has 2 amide bonds. The summed E-state index contributed by atoms with van der Waals surface area (Å²) >= 11 is 0. The highest BCUT2D eigenvalue weighted by Crippen LogP contribution is 2.60. The first-order chi connectivity index (χ1) is 10.1. The molecular weight excluding hydrogens is 268 g/mol. The molecule has 112 valence electrons. The number of aliphatic carboxylic acids is 1. The number of anilines is 1. The molecule has 0 bridgehead atoms. The van der Waals surface area contributed by atoms with Crippen molar-refractivity contribution < 1.29 is 14.7 Å². The number of hydrogen-bond acceptors (Lipinski definition) is 2. The highest BCUT2D eigenvalue weighted by Gasteiger charge is 2.53. The largest absolute Gasteiger partial charge is 0.481 e. The minimum Gasteiger partial charge on any atom is -0.481 e. The van der Waals surface area contributed by atoms with Crippen molar-refractivity contribution in [1.29, 1.82) is 0 Å². The zero-order valence-corrected chi connectivity index (χ0v) is 11.9. The molecule has 3 N–H and O–H groups in total. The van der Waals surface area contributed by atoms with Gasteiger partial charge in [0.05, 0.1) is 6.42 Å². The Bertz CT molecular complexity index is 562. The molecule has 0 saturated heterocycles. The zero-order chi connectivity index (χ0) is 14.9. The number of carbonyl (C=O) groups excluding carboxylic acids is 1. The minimum atomic E-state index is -0.907. The molecule has 5 nitrogen and oxygen atoms in total. The number of para-hydroxylation sites is 1. The Hall–Kier alpha value is -2.04. The molecule has 0 atom stereocenters. The van der Waals surface area contributed by atoms with E-state index in [2.05, 4.69) is 10.6 Å². The molecule has 3 rings (SSSR count). The molecule has 2 saturated carbocycles. The Morgan fingerprint density at radius 1 is 1.24 bits per heavy atom. The quantitative estimate of drug-likeness (QED) is 0.753. The maximum Gasteiger partial charge on any atom is 0.319 e. The molecule has 2 aliphatic rings. The highest BCUT2D eigenvalue weighted by molar-refractivity contribution is 5.91. The molecule has 0 aliphatic heterocycles. The third-order valence-corrected chi connectivity index (χ3v) is 4.54. The van der Waals surface area contributed by atoms with Gasteiger partial charge in [0, 0.05) is 12.2 Å². The Morgan fingerprint density at radius 3 is 2.57 bits per heavy atom. The number of carboxylic acids is 1. The highest BCUT2D eigenvalue weighted by atomic mass is 16.4. The van der Waals surface area contributed by atoms with Gasteiger partial charge in [0.2, 0.25) is 0 Å². The topological polar surface area (TPSA) is 78.4 Å². The summed E-state index contributed by atoms with van der Waals surface area (Å²) in [5.74, 6) is -0.104. The molecule has 21 heavy (non-hydrogen) atoms. The van der Waals surface area contributed by atoms with Crippen LogP contribution in [0, 0.1) is 11.3 Å². The second-order valence-electron chi connectivity index (χ2n) is 6.17. The lowest BCUT2D eigenvalue weighted by atomic mass is 10.0. The van der Waals surface area contributed by atoms with Crippen LogP contribution in [-0.4, -0.2) is 23.7 Å². The van der Waals surface area contributed by atoms with E-state index in [0.717, 1.165) is 12.5 Å². The summed E-state index contributed by atoms with van der Waals surface area (Å²) in [5.41, 5.74) is 1.54. The molecule has 0 unspecified atom stereocenters. The maximum absolute atomic E-state index is 12.0. The molecule has 0 heterocycles. The summed E-state index contributed by atoms with van der Waals surface area (Å²) in [5, 5.41) is 14.6. The van der Waals surface area contributed by atoms with Gasteiger partial charge < -0.3 is 15.7 Å². The Labute approximate surface area is 123 Å². The molecule has 0 aromatic heterocycles. The Morgan fingerprint density at radius 2 is 1.95 bits per heavy atom. The van der Waals surface area contributed by atoms with Crippen LogP contribution in [0.3, 0.4) is 0 Å². The van der Waals surface area contributed by atoms with Crippen molar-refractivity contribution in [3.05, 3.63) is 29.8 Å². The summed E-state index contributed by atoms with van der Waals surface area (Å²) in [6.07, 6.45) is 4.93. The first-order valence-electron chi connectivity index (χ1n) is 7.44. The third-order valence-electron chi connectivity index (χ3n) is 4.54. The van der Waals surface area contributed by atoms with Crippen LogP contribution in [0.2, 0.25) is 0 Å². The summed E-state index contributed by atoms with van der Waals surface area (Å²) < 4.78 is 0. The number of hydrogen-bond donors (Lipinski definition) is 3. The average molecular weight is 288 g/mol. The van der Waals surface area contributed by atoms with E-state index < -0.39 is 5.97 Å². The maximum atomic E-state index is 12.0. The lowest BCUT2D eigenvalue weighted by Gasteiger charge is -2.16. The fourth-order valence-electron chi connectivity index (χ4n) is 2.97. The van der Waals surface area contributed by atoms with Crippen molar-refractivity contribution in [3.63, 3.8) is 0 Å². The molecule has 2 aliphatic carbocycles. The number of carboxylic acid groups (broad SMARTS) is 1. The summed E-state index contributed by atoms with van der Waals surface area (Å²) in [4.78, 5) is 22.8. The average Bonchev–Trinajstić information content (AvgIpc) is 3.31. The van der Waals surface area contributed by atoms with Gasteiger partial charge in [0.15, 0.2) is 0 Å². The number of nitrogens with one attached hydrogen (secondary N) is 2.